The maximum atomic E-state index is 12.6. The quantitative estimate of drug-likeness (QED) is 0.850. The van der Waals surface area contributed by atoms with Crippen molar-refractivity contribution in [2.75, 3.05) is 6.54 Å². The molecule has 6 nitrogen and oxygen atoms in total. The molecule has 0 saturated heterocycles. The van der Waals surface area contributed by atoms with E-state index in [0.717, 1.165) is 17.0 Å². The fourth-order valence-corrected chi connectivity index (χ4v) is 2.27. The molecule has 2 rings (SSSR count). The van der Waals surface area contributed by atoms with Crippen molar-refractivity contribution < 1.29 is 32.4 Å². The van der Waals surface area contributed by atoms with Crippen LogP contribution in [0.1, 0.15) is 48.1 Å². The molecule has 1 N–H and O–H groups in total. The number of carbonyl (C=O) groups excluding carboxylic acids is 1. The molecule has 1 amide bonds. The van der Waals surface area contributed by atoms with Gasteiger partial charge in [0.25, 0.3) is 5.91 Å². The first kappa shape index (κ1) is 20.5. The summed E-state index contributed by atoms with van der Waals surface area (Å²) in [5, 5.41) is 12.7. The van der Waals surface area contributed by atoms with Gasteiger partial charge in [0.15, 0.2) is 5.69 Å². The highest BCUT2D eigenvalue weighted by molar-refractivity contribution is 5.94. The zero-order chi connectivity index (χ0) is 20.4. The Labute approximate surface area is 153 Å². The van der Waals surface area contributed by atoms with E-state index in [1.807, 2.05) is 20.8 Å². The molecule has 9 heteroatoms. The molecule has 146 valence electrons. The van der Waals surface area contributed by atoms with E-state index >= 15 is 0 Å². The number of carbonyl (C=O) groups is 2. The van der Waals surface area contributed by atoms with Crippen LogP contribution in [0.4, 0.5) is 13.2 Å². The second-order valence-electron chi connectivity index (χ2n) is 7.08. The fraction of sp³-hybridized carbons (Fsp3) is 0.389. The smallest absolute Gasteiger partial charge is 0.416 e. The lowest BCUT2D eigenvalue weighted by Gasteiger charge is -2.20. The third-order valence-corrected chi connectivity index (χ3v) is 3.74. The molecule has 1 heterocycles. The Kier molecular flexibility index (Phi) is 5.62. The van der Waals surface area contributed by atoms with Gasteiger partial charge in [0.1, 0.15) is 12.3 Å². The van der Waals surface area contributed by atoms with Crippen LogP contribution in [0, 0.1) is 0 Å². The molecule has 0 aliphatic rings. The van der Waals surface area contributed by atoms with Crippen molar-refractivity contribution >= 4 is 11.9 Å². The summed E-state index contributed by atoms with van der Waals surface area (Å²) in [4.78, 5) is 24.7. The Bertz CT molecular complexity index is 820. The standard InChI is InChI=1S/C18H19F3N2O4/c1-17(2,3)14-8-13(22-27-14)16(26)23(10-15(24)25)9-11-4-6-12(7-5-11)18(19,20)21/h4-8H,9-10H2,1-3H3,(H,24,25). The van der Waals surface area contributed by atoms with E-state index in [2.05, 4.69) is 5.16 Å². The Morgan fingerprint density at radius 1 is 1.15 bits per heavy atom. The lowest BCUT2D eigenvalue weighted by Crippen LogP contribution is -2.35. The van der Waals surface area contributed by atoms with E-state index in [1.165, 1.54) is 18.2 Å². The molecular weight excluding hydrogens is 365 g/mol. The lowest BCUT2D eigenvalue weighted by atomic mass is 9.93. The van der Waals surface area contributed by atoms with Crippen LogP contribution in [-0.4, -0.2) is 33.6 Å². The summed E-state index contributed by atoms with van der Waals surface area (Å²) in [5.74, 6) is -1.48. The maximum Gasteiger partial charge on any atom is 0.416 e. The second-order valence-corrected chi connectivity index (χ2v) is 7.08. The number of benzene rings is 1. The van der Waals surface area contributed by atoms with Gasteiger partial charge in [0.2, 0.25) is 0 Å². The average molecular weight is 384 g/mol. The number of hydrogen-bond acceptors (Lipinski definition) is 4. The largest absolute Gasteiger partial charge is 0.480 e. The summed E-state index contributed by atoms with van der Waals surface area (Å²) in [6.07, 6.45) is -4.47. The van der Waals surface area contributed by atoms with E-state index in [1.54, 1.807) is 0 Å². The van der Waals surface area contributed by atoms with Crippen LogP contribution in [0.3, 0.4) is 0 Å². The van der Waals surface area contributed by atoms with Gasteiger partial charge in [-0.3, -0.25) is 9.59 Å². The third kappa shape index (κ3) is 5.32. The topological polar surface area (TPSA) is 83.6 Å². The van der Waals surface area contributed by atoms with Crippen molar-refractivity contribution in [1.82, 2.24) is 10.1 Å². The number of aromatic nitrogens is 1. The number of amides is 1. The zero-order valence-electron chi connectivity index (χ0n) is 15.0. The zero-order valence-corrected chi connectivity index (χ0v) is 15.0. The number of aliphatic carboxylic acids is 1. The van der Waals surface area contributed by atoms with Gasteiger partial charge in [-0.05, 0) is 17.7 Å². The number of alkyl halides is 3. The normalized spacial score (nSPS) is 12.1. The molecule has 0 radical (unpaired) electrons. The molecule has 27 heavy (non-hydrogen) atoms. The highest BCUT2D eigenvalue weighted by atomic mass is 19.4. The van der Waals surface area contributed by atoms with E-state index in [9.17, 15) is 22.8 Å². The predicted molar refractivity (Wildman–Crippen MR) is 89.0 cm³/mol. The molecule has 0 aliphatic heterocycles. The highest BCUT2D eigenvalue weighted by Gasteiger charge is 2.30. The number of hydrogen-bond donors (Lipinski definition) is 1. The van der Waals surface area contributed by atoms with Crippen LogP contribution >= 0.6 is 0 Å². The van der Waals surface area contributed by atoms with Gasteiger partial charge in [-0.2, -0.15) is 13.2 Å². The molecule has 2 aromatic rings. The summed E-state index contributed by atoms with van der Waals surface area (Å²) < 4.78 is 43.1. The average Bonchev–Trinajstić information content (AvgIpc) is 3.03. The first-order chi connectivity index (χ1) is 12.4. The van der Waals surface area contributed by atoms with E-state index in [-0.39, 0.29) is 12.2 Å². The van der Waals surface area contributed by atoms with Crippen LogP contribution in [0.5, 0.6) is 0 Å². The minimum absolute atomic E-state index is 0.0620. The van der Waals surface area contributed by atoms with Gasteiger partial charge >= 0.3 is 12.1 Å². The lowest BCUT2D eigenvalue weighted by molar-refractivity contribution is -0.138. The number of halogens is 3. The van der Waals surface area contributed by atoms with Crippen molar-refractivity contribution in [1.29, 1.82) is 0 Å². The molecule has 0 atom stereocenters. The summed E-state index contributed by atoms with van der Waals surface area (Å²) in [5.41, 5.74) is -0.921. The monoisotopic (exact) mass is 384 g/mol. The molecule has 0 unspecified atom stereocenters. The minimum atomic E-state index is -4.47. The van der Waals surface area contributed by atoms with Crippen molar-refractivity contribution in [2.24, 2.45) is 0 Å². The molecule has 1 aromatic carbocycles. The Morgan fingerprint density at radius 2 is 1.74 bits per heavy atom. The van der Waals surface area contributed by atoms with Gasteiger partial charge < -0.3 is 14.5 Å². The highest BCUT2D eigenvalue weighted by Crippen LogP contribution is 2.29. The van der Waals surface area contributed by atoms with Crippen molar-refractivity contribution in [3.63, 3.8) is 0 Å². The number of carboxylic acids is 1. The van der Waals surface area contributed by atoms with Gasteiger partial charge in [-0.1, -0.05) is 38.1 Å². The number of carboxylic acid groups (broad SMARTS) is 1. The number of rotatable bonds is 5. The summed E-state index contributed by atoms with van der Waals surface area (Å²) >= 11 is 0. The first-order valence-electron chi connectivity index (χ1n) is 8.02. The Morgan fingerprint density at radius 3 is 2.19 bits per heavy atom. The van der Waals surface area contributed by atoms with Crippen LogP contribution < -0.4 is 0 Å². The third-order valence-electron chi connectivity index (χ3n) is 3.74. The summed E-state index contributed by atoms with van der Waals surface area (Å²) in [6, 6.07) is 5.60. The van der Waals surface area contributed by atoms with E-state index in [0.29, 0.717) is 11.3 Å². The molecule has 0 aliphatic carbocycles. The van der Waals surface area contributed by atoms with Gasteiger partial charge in [-0.25, -0.2) is 0 Å². The van der Waals surface area contributed by atoms with Crippen LogP contribution in [0.15, 0.2) is 34.9 Å². The molecular formula is C18H19F3N2O4. The Hall–Kier alpha value is -2.84. The van der Waals surface area contributed by atoms with Crippen molar-refractivity contribution in [3.05, 3.63) is 52.9 Å². The summed E-state index contributed by atoms with van der Waals surface area (Å²) in [6.45, 7) is 4.77. The molecule has 0 bridgehead atoms. The van der Waals surface area contributed by atoms with Crippen LogP contribution in [-0.2, 0) is 22.9 Å². The minimum Gasteiger partial charge on any atom is -0.480 e. The molecule has 0 saturated carbocycles. The SMILES string of the molecule is CC(C)(C)c1cc(C(=O)N(CC(=O)O)Cc2ccc(C(F)(F)F)cc2)no1. The molecule has 1 aromatic heterocycles. The van der Waals surface area contributed by atoms with Crippen molar-refractivity contribution in [3.8, 4) is 0 Å². The maximum absolute atomic E-state index is 12.6. The van der Waals surface area contributed by atoms with E-state index in [4.69, 9.17) is 9.63 Å². The molecule has 0 fully saturated rings. The van der Waals surface area contributed by atoms with E-state index < -0.39 is 35.6 Å². The second kappa shape index (κ2) is 7.42. The van der Waals surface area contributed by atoms with Gasteiger partial charge in [0, 0.05) is 18.0 Å². The van der Waals surface area contributed by atoms with Crippen molar-refractivity contribution in [2.45, 2.75) is 38.9 Å². The van der Waals surface area contributed by atoms with Gasteiger partial charge in [0.05, 0.1) is 5.56 Å². The fourth-order valence-electron chi connectivity index (χ4n) is 2.27. The summed E-state index contributed by atoms with van der Waals surface area (Å²) in [7, 11) is 0. The first-order valence-corrected chi connectivity index (χ1v) is 8.02. The predicted octanol–water partition coefficient (Wildman–Crippen LogP) is 3.72. The molecule has 0 spiro atoms. The Balaban J connectivity index is 2.23. The van der Waals surface area contributed by atoms with Gasteiger partial charge in [-0.15, -0.1) is 0 Å². The number of nitrogens with zero attached hydrogens (tertiary/aromatic N) is 2. The van der Waals surface area contributed by atoms with Crippen LogP contribution in [0.2, 0.25) is 0 Å². The van der Waals surface area contributed by atoms with Crippen LogP contribution in [0.25, 0.3) is 0 Å².